The zero-order valence-electron chi connectivity index (χ0n) is 10.9. The van der Waals surface area contributed by atoms with Crippen LogP contribution >= 0.6 is 15.9 Å². The Hall–Kier alpha value is -1.48. The fraction of sp³-hybridized carbons (Fsp3) is 0.417. The number of benzene rings is 1. The number of hydrogen-bond donors (Lipinski definition) is 1. The van der Waals surface area contributed by atoms with Gasteiger partial charge in [0.2, 0.25) is 0 Å². The van der Waals surface area contributed by atoms with E-state index in [4.69, 9.17) is 0 Å². The minimum absolute atomic E-state index is 0.0860. The van der Waals surface area contributed by atoms with Gasteiger partial charge in [0.25, 0.3) is 11.6 Å². The molecule has 9 heteroatoms. The van der Waals surface area contributed by atoms with Crippen LogP contribution in [0.2, 0.25) is 0 Å². The standard InChI is InChI=1S/C12H13BrN2O5S/c13-10-4-3-8(6-11(10)15(17)18)12(16)14-9-2-1-5-21(19,20)7-9/h3-4,6,9H,1-2,5,7H2,(H,14,16). The van der Waals surface area contributed by atoms with Crippen molar-refractivity contribution in [2.24, 2.45) is 0 Å². The number of halogens is 1. The minimum Gasteiger partial charge on any atom is -0.348 e. The highest BCUT2D eigenvalue weighted by Crippen LogP contribution is 2.25. The Labute approximate surface area is 129 Å². The maximum Gasteiger partial charge on any atom is 0.284 e. The van der Waals surface area contributed by atoms with Gasteiger partial charge in [0, 0.05) is 17.7 Å². The van der Waals surface area contributed by atoms with Crippen LogP contribution in [0, 0.1) is 10.1 Å². The summed E-state index contributed by atoms with van der Waals surface area (Å²) >= 11 is 3.04. The van der Waals surface area contributed by atoms with Crippen molar-refractivity contribution in [3.05, 3.63) is 38.3 Å². The summed E-state index contributed by atoms with van der Waals surface area (Å²) in [6, 6.07) is 3.59. The molecule has 0 saturated carbocycles. The van der Waals surface area contributed by atoms with E-state index >= 15 is 0 Å². The summed E-state index contributed by atoms with van der Waals surface area (Å²) in [5.41, 5.74) is -0.0770. The molecule has 1 aliphatic rings. The Kier molecular flexibility index (Phi) is 4.62. The first-order valence-corrected chi connectivity index (χ1v) is 8.85. The highest BCUT2D eigenvalue weighted by Gasteiger charge is 2.26. The number of nitrogens with zero attached hydrogens (tertiary/aromatic N) is 1. The van der Waals surface area contributed by atoms with Crippen LogP contribution in [0.25, 0.3) is 0 Å². The fourth-order valence-corrected chi connectivity index (χ4v) is 4.23. The summed E-state index contributed by atoms with van der Waals surface area (Å²) in [6.45, 7) is 0. The predicted molar refractivity (Wildman–Crippen MR) is 79.9 cm³/mol. The maximum absolute atomic E-state index is 12.1. The third-order valence-electron chi connectivity index (χ3n) is 3.20. The molecule has 1 saturated heterocycles. The van der Waals surface area contributed by atoms with Gasteiger partial charge in [-0.25, -0.2) is 8.42 Å². The highest BCUT2D eigenvalue weighted by atomic mass is 79.9. The molecule has 114 valence electrons. The zero-order valence-corrected chi connectivity index (χ0v) is 13.3. The molecular weight excluding hydrogens is 364 g/mol. The number of nitro groups is 1. The number of hydrogen-bond acceptors (Lipinski definition) is 5. The Morgan fingerprint density at radius 2 is 2.14 bits per heavy atom. The predicted octanol–water partition coefficient (Wildman–Crippen LogP) is 1.66. The summed E-state index contributed by atoms with van der Waals surface area (Å²) in [5.74, 6) is -0.451. The molecule has 21 heavy (non-hydrogen) atoms. The van der Waals surface area contributed by atoms with Crippen LogP contribution < -0.4 is 5.32 Å². The van der Waals surface area contributed by atoms with Gasteiger partial charge < -0.3 is 5.32 Å². The van der Waals surface area contributed by atoms with Gasteiger partial charge in [0.15, 0.2) is 9.84 Å². The second-order valence-corrected chi connectivity index (χ2v) is 7.93. The van der Waals surface area contributed by atoms with Crippen LogP contribution in [0.5, 0.6) is 0 Å². The van der Waals surface area contributed by atoms with E-state index in [0.717, 1.165) is 6.07 Å². The third kappa shape index (κ3) is 4.01. The lowest BCUT2D eigenvalue weighted by Gasteiger charge is -2.22. The van der Waals surface area contributed by atoms with E-state index in [1.165, 1.54) is 12.1 Å². The Morgan fingerprint density at radius 1 is 1.43 bits per heavy atom. The lowest BCUT2D eigenvalue weighted by molar-refractivity contribution is -0.385. The molecule has 1 aromatic carbocycles. The van der Waals surface area contributed by atoms with Crippen molar-refractivity contribution in [3.63, 3.8) is 0 Å². The van der Waals surface area contributed by atoms with Crippen LogP contribution in [0.4, 0.5) is 5.69 Å². The average Bonchev–Trinajstić information content (AvgIpc) is 2.37. The van der Waals surface area contributed by atoms with Gasteiger partial charge in [-0.3, -0.25) is 14.9 Å². The second kappa shape index (κ2) is 6.10. The third-order valence-corrected chi connectivity index (χ3v) is 5.69. The van der Waals surface area contributed by atoms with E-state index < -0.39 is 26.7 Å². The second-order valence-electron chi connectivity index (χ2n) is 4.85. The number of rotatable bonds is 3. The number of carbonyl (C=O) groups excluding carboxylic acids is 1. The van der Waals surface area contributed by atoms with E-state index in [1.807, 2.05) is 0 Å². The van der Waals surface area contributed by atoms with Gasteiger partial charge in [-0.05, 0) is 40.9 Å². The van der Waals surface area contributed by atoms with Crippen molar-refractivity contribution in [3.8, 4) is 0 Å². The molecule has 7 nitrogen and oxygen atoms in total. The summed E-state index contributed by atoms with van der Waals surface area (Å²) in [6.07, 6.45) is 1.09. The van der Waals surface area contributed by atoms with Gasteiger partial charge in [0.1, 0.15) is 0 Å². The molecule has 1 fully saturated rings. The van der Waals surface area contributed by atoms with E-state index in [-0.39, 0.29) is 27.2 Å². The lowest BCUT2D eigenvalue weighted by Crippen LogP contribution is -2.43. The van der Waals surface area contributed by atoms with Crippen LogP contribution in [-0.4, -0.2) is 36.8 Å². The van der Waals surface area contributed by atoms with Crippen molar-refractivity contribution in [1.82, 2.24) is 5.32 Å². The number of sulfone groups is 1. The molecule has 0 aliphatic carbocycles. The highest BCUT2D eigenvalue weighted by molar-refractivity contribution is 9.10. The molecular formula is C12H13BrN2O5S. The quantitative estimate of drug-likeness (QED) is 0.637. The van der Waals surface area contributed by atoms with Gasteiger partial charge >= 0.3 is 0 Å². The molecule has 0 spiro atoms. The number of carbonyl (C=O) groups is 1. The average molecular weight is 377 g/mol. The first kappa shape index (κ1) is 15.9. The molecule has 1 amide bonds. The molecule has 1 heterocycles. The number of nitrogens with one attached hydrogen (secondary N) is 1. The summed E-state index contributed by atoms with van der Waals surface area (Å²) in [7, 11) is -3.12. The van der Waals surface area contributed by atoms with E-state index in [9.17, 15) is 23.3 Å². The molecule has 1 aliphatic heterocycles. The molecule has 0 radical (unpaired) electrons. The van der Waals surface area contributed by atoms with Crippen LogP contribution in [0.1, 0.15) is 23.2 Å². The Morgan fingerprint density at radius 3 is 2.76 bits per heavy atom. The minimum atomic E-state index is -3.12. The normalized spacial score (nSPS) is 20.7. The van der Waals surface area contributed by atoms with Crippen LogP contribution in [0.15, 0.2) is 22.7 Å². The zero-order chi connectivity index (χ0) is 15.6. The van der Waals surface area contributed by atoms with Crippen molar-refractivity contribution >= 4 is 37.4 Å². The van der Waals surface area contributed by atoms with E-state index in [0.29, 0.717) is 12.8 Å². The molecule has 0 aromatic heterocycles. The Bertz CT molecular complexity index is 689. The van der Waals surface area contributed by atoms with Crippen molar-refractivity contribution in [2.45, 2.75) is 18.9 Å². The van der Waals surface area contributed by atoms with E-state index in [2.05, 4.69) is 21.2 Å². The van der Waals surface area contributed by atoms with Gasteiger partial charge in [0.05, 0.1) is 20.9 Å². The largest absolute Gasteiger partial charge is 0.348 e. The van der Waals surface area contributed by atoms with Gasteiger partial charge in [-0.2, -0.15) is 0 Å². The van der Waals surface area contributed by atoms with Crippen molar-refractivity contribution < 1.29 is 18.1 Å². The smallest absolute Gasteiger partial charge is 0.284 e. The summed E-state index contributed by atoms with van der Waals surface area (Å²) < 4.78 is 23.3. The first-order valence-electron chi connectivity index (χ1n) is 6.24. The summed E-state index contributed by atoms with van der Waals surface area (Å²) in [4.78, 5) is 22.3. The fourth-order valence-electron chi connectivity index (χ4n) is 2.20. The molecule has 2 rings (SSSR count). The monoisotopic (exact) mass is 376 g/mol. The van der Waals surface area contributed by atoms with Crippen molar-refractivity contribution in [2.75, 3.05) is 11.5 Å². The molecule has 1 N–H and O–H groups in total. The molecule has 1 aromatic rings. The van der Waals surface area contributed by atoms with Crippen molar-refractivity contribution in [1.29, 1.82) is 0 Å². The summed E-state index contributed by atoms with van der Waals surface area (Å²) in [5, 5.41) is 13.5. The van der Waals surface area contributed by atoms with Crippen LogP contribution in [0.3, 0.4) is 0 Å². The molecule has 1 atom stereocenters. The van der Waals surface area contributed by atoms with E-state index in [1.54, 1.807) is 0 Å². The lowest BCUT2D eigenvalue weighted by atomic mass is 10.1. The van der Waals surface area contributed by atoms with Crippen LogP contribution in [-0.2, 0) is 9.84 Å². The molecule has 1 unspecified atom stereocenters. The van der Waals surface area contributed by atoms with Gasteiger partial charge in [-0.15, -0.1) is 0 Å². The number of nitro benzene ring substituents is 1. The SMILES string of the molecule is O=C(NC1CCCS(=O)(=O)C1)c1ccc(Br)c([N+](=O)[O-])c1. The van der Waals surface area contributed by atoms with Gasteiger partial charge in [-0.1, -0.05) is 0 Å². The topological polar surface area (TPSA) is 106 Å². The first-order chi connectivity index (χ1) is 9.78. The Balaban J connectivity index is 2.14. The number of amides is 1. The molecule has 0 bridgehead atoms. The maximum atomic E-state index is 12.1.